The second-order valence-corrected chi connectivity index (χ2v) is 11.3. The first-order valence-corrected chi connectivity index (χ1v) is 13.1. The monoisotopic (exact) mass is 465 g/mol. The van der Waals surface area contributed by atoms with Gasteiger partial charge in [-0.3, -0.25) is 4.98 Å². The highest BCUT2D eigenvalue weighted by Crippen LogP contribution is 2.49. The maximum atomic E-state index is 5.47. The van der Waals surface area contributed by atoms with Gasteiger partial charge in [0.25, 0.3) is 0 Å². The van der Waals surface area contributed by atoms with Crippen LogP contribution in [0.1, 0.15) is 68.9 Å². The molecule has 2 aliphatic carbocycles. The molecule has 180 valence electrons. The van der Waals surface area contributed by atoms with Crippen LogP contribution in [-0.2, 0) is 12.0 Å². The Labute approximate surface area is 208 Å². The molecule has 0 amide bonds. The van der Waals surface area contributed by atoms with Crippen LogP contribution in [0.5, 0.6) is 0 Å². The molecular formula is C31H35N3O. The molecule has 1 aromatic carbocycles. The molecule has 2 fully saturated rings. The Kier molecular flexibility index (Phi) is 5.24. The molecule has 3 aromatic heterocycles. The number of hydrogen-bond acceptors (Lipinski definition) is 3. The number of nitrogens with zero attached hydrogens (tertiary/aromatic N) is 3. The molecule has 0 aliphatic heterocycles. The lowest BCUT2D eigenvalue weighted by atomic mass is 9.75. The molecule has 4 aromatic rings. The van der Waals surface area contributed by atoms with Crippen molar-refractivity contribution in [3.05, 3.63) is 72.4 Å². The number of benzene rings is 1. The molecule has 0 bridgehead atoms. The summed E-state index contributed by atoms with van der Waals surface area (Å²) in [6.45, 7) is 11.5. The Morgan fingerprint density at radius 1 is 1.03 bits per heavy atom. The third-order valence-corrected chi connectivity index (χ3v) is 8.60. The SMILES string of the molecule is C=CC1(c2ccc(-c3cn(CC4(C)CCCCC4)c4cc(-c5c(C)noc5C)cnc34)cc2)CC1. The molecule has 35 heavy (non-hydrogen) atoms. The Morgan fingerprint density at radius 3 is 2.40 bits per heavy atom. The van der Waals surface area contributed by atoms with E-state index >= 15 is 0 Å². The summed E-state index contributed by atoms with van der Waals surface area (Å²) in [4.78, 5) is 5.03. The molecule has 4 heteroatoms. The Hall–Kier alpha value is -3.14. The van der Waals surface area contributed by atoms with Crippen LogP contribution in [0, 0.1) is 19.3 Å². The second-order valence-electron chi connectivity index (χ2n) is 11.3. The molecule has 2 saturated carbocycles. The van der Waals surface area contributed by atoms with Crippen molar-refractivity contribution in [3.63, 3.8) is 0 Å². The maximum Gasteiger partial charge on any atom is 0.141 e. The molecule has 3 heterocycles. The molecule has 0 saturated heterocycles. The smallest absolute Gasteiger partial charge is 0.141 e. The molecule has 0 atom stereocenters. The minimum atomic E-state index is 0.198. The fourth-order valence-corrected chi connectivity index (χ4v) is 6.24. The van der Waals surface area contributed by atoms with Gasteiger partial charge in [0.1, 0.15) is 5.76 Å². The minimum Gasteiger partial charge on any atom is -0.361 e. The predicted molar refractivity (Wildman–Crippen MR) is 142 cm³/mol. The summed E-state index contributed by atoms with van der Waals surface area (Å²) >= 11 is 0. The van der Waals surface area contributed by atoms with E-state index in [9.17, 15) is 0 Å². The maximum absolute atomic E-state index is 5.47. The average molecular weight is 466 g/mol. The van der Waals surface area contributed by atoms with Crippen molar-refractivity contribution in [1.82, 2.24) is 14.7 Å². The molecular weight excluding hydrogens is 430 g/mol. The Morgan fingerprint density at radius 2 is 1.77 bits per heavy atom. The zero-order valence-corrected chi connectivity index (χ0v) is 21.2. The van der Waals surface area contributed by atoms with Gasteiger partial charge in [-0.2, -0.15) is 0 Å². The highest BCUT2D eigenvalue weighted by molar-refractivity contribution is 5.95. The van der Waals surface area contributed by atoms with E-state index in [2.05, 4.69) is 65.8 Å². The van der Waals surface area contributed by atoms with Gasteiger partial charge in [-0.1, -0.05) is 61.7 Å². The molecule has 0 unspecified atom stereocenters. The van der Waals surface area contributed by atoms with Gasteiger partial charge in [-0.05, 0) is 62.1 Å². The molecule has 2 aliphatic rings. The number of allylic oxidation sites excluding steroid dienone is 1. The predicted octanol–water partition coefficient (Wildman–Crippen LogP) is 8.16. The highest BCUT2D eigenvalue weighted by Gasteiger charge is 2.41. The summed E-state index contributed by atoms with van der Waals surface area (Å²) in [5.41, 5.74) is 9.64. The first-order chi connectivity index (χ1) is 16.9. The fourth-order valence-electron chi connectivity index (χ4n) is 6.24. The topological polar surface area (TPSA) is 43.9 Å². The quantitative estimate of drug-likeness (QED) is 0.270. The van der Waals surface area contributed by atoms with Gasteiger partial charge in [-0.25, -0.2) is 0 Å². The van der Waals surface area contributed by atoms with E-state index in [1.807, 2.05) is 20.0 Å². The average Bonchev–Trinajstić information content (AvgIpc) is 3.50. The summed E-state index contributed by atoms with van der Waals surface area (Å²) in [6, 6.07) is 11.4. The third kappa shape index (κ3) is 3.84. The number of aromatic nitrogens is 3. The van der Waals surface area contributed by atoms with Crippen molar-refractivity contribution in [2.24, 2.45) is 5.41 Å². The molecule has 4 nitrogen and oxygen atoms in total. The van der Waals surface area contributed by atoms with Crippen molar-refractivity contribution < 1.29 is 4.52 Å². The standard InChI is InChI=1S/C31H35N3O/c1-5-31(15-16-31)25-11-9-23(10-12-25)26-19-34(20-30(4)13-7-6-8-14-30)27-17-24(18-32-29(26)27)28-21(2)33-35-22(28)3/h5,9-12,17-19H,1,6-8,13-16,20H2,2-4H3. The third-order valence-electron chi connectivity index (χ3n) is 8.60. The van der Waals surface area contributed by atoms with Crippen LogP contribution in [0.4, 0.5) is 0 Å². The van der Waals surface area contributed by atoms with E-state index in [-0.39, 0.29) is 5.41 Å². The zero-order valence-electron chi connectivity index (χ0n) is 21.2. The van der Waals surface area contributed by atoms with E-state index < -0.39 is 0 Å². The van der Waals surface area contributed by atoms with Crippen molar-refractivity contribution >= 4 is 11.0 Å². The first-order valence-electron chi connectivity index (χ1n) is 13.1. The number of fused-ring (bicyclic) bond motifs is 1. The molecule has 6 rings (SSSR count). The van der Waals surface area contributed by atoms with Gasteiger partial charge < -0.3 is 9.09 Å². The number of hydrogen-bond donors (Lipinski definition) is 0. The molecule has 0 N–H and O–H groups in total. The number of aryl methyl sites for hydroxylation is 2. The van der Waals surface area contributed by atoms with Crippen molar-refractivity contribution in [1.29, 1.82) is 0 Å². The molecule has 0 spiro atoms. The lowest BCUT2D eigenvalue weighted by molar-refractivity contribution is 0.185. The lowest BCUT2D eigenvalue weighted by Crippen LogP contribution is -2.25. The van der Waals surface area contributed by atoms with Crippen LogP contribution in [0.2, 0.25) is 0 Å². The van der Waals surface area contributed by atoms with Crippen molar-refractivity contribution in [3.8, 4) is 22.3 Å². The van der Waals surface area contributed by atoms with Crippen LogP contribution in [-0.4, -0.2) is 14.7 Å². The molecule has 0 radical (unpaired) electrons. The second kappa shape index (κ2) is 8.22. The van der Waals surface area contributed by atoms with Gasteiger partial charge in [0.15, 0.2) is 0 Å². The lowest BCUT2D eigenvalue weighted by Gasteiger charge is -2.34. The van der Waals surface area contributed by atoms with Crippen LogP contribution in [0.25, 0.3) is 33.3 Å². The van der Waals surface area contributed by atoms with Gasteiger partial charge in [0.05, 0.1) is 16.7 Å². The Bertz CT molecular complexity index is 1380. The van der Waals surface area contributed by atoms with Gasteiger partial charge in [0, 0.05) is 41.0 Å². The van der Waals surface area contributed by atoms with Crippen LogP contribution < -0.4 is 0 Å². The normalized spacial score (nSPS) is 18.6. The summed E-state index contributed by atoms with van der Waals surface area (Å²) in [6.07, 6.45) is 15.5. The van der Waals surface area contributed by atoms with Crippen LogP contribution in [0.15, 0.2) is 59.9 Å². The summed E-state index contributed by atoms with van der Waals surface area (Å²) in [5.74, 6) is 0.841. The first kappa shape index (κ1) is 22.3. The summed E-state index contributed by atoms with van der Waals surface area (Å²) < 4.78 is 7.93. The van der Waals surface area contributed by atoms with Crippen molar-refractivity contribution in [2.75, 3.05) is 0 Å². The van der Waals surface area contributed by atoms with Gasteiger partial charge >= 0.3 is 0 Å². The van der Waals surface area contributed by atoms with E-state index in [0.29, 0.717) is 5.41 Å². The number of pyridine rings is 1. The fraction of sp³-hybridized carbons (Fsp3) is 0.419. The van der Waals surface area contributed by atoms with Gasteiger partial charge in [0.2, 0.25) is 0 Å². The minimum absolute atomic E-state index is 0.198. The summed E-state index contributed by atoms with van der Waals surface area (Å²) in [7, 11) is 0. The van der Waals surface area contributed by atoms with E-state index in [1.165, 1.54) is 67.2 Å². The van der Waals surface area contributed by atoms with E-state index in [1.54, 1.807) is 0 Å². The number of rotatable bonds is 6. The van der Waals surface area contributed by atoms with Crippen molar-refractivity contribution in [2.45, 2.75) is 77.7 Å². The highest BCUT2D eigenvalue weighted by atomic mass is 16.5. The van der Waals surface area contributed by atoms with Crippen LogP contribution >= 0.6 is 0 Å². The zero-order chi connectivity index (χ0) is 24.2. The van der Waals surface area contributed by atoms with Gasteiger partial charge in [-0.15, -0.1) is 6.58 Å². The summed E-state index contributed by atoms with van der Waals surface area (Å²) in [5, 5.41) is 4.18. The van der Waals surface area contributed by atoms with E-state index in [4.69, 9.17) is 9.51 Å². The van der Waals surface area contributed by atoms with E-state index in [0.717, 1.165) is 34.6 Å². The van der Waals surface area contributed by atoms with Crippen LogP contribution in [0.3, 0.4) is 0 Å². The largest absolute Gasteiger partial charge is 0.361 e. The Balaban J connectivity index is 1.46.